The zero-order valence-electron chi connectivity index (χ0n) is 18.5. The van der Waals surface area contributed by atoms with Crippen LogP contribution in [0.2, 0.25) is 0 Å². The van der Waals surface area contributed by atoms with Gasteiger partial charge in [-0.25, -0.2) is 8.42 Å². The van der Waals surface area contributed by atoms with Gasteiger partial charge < -0.3 is 10.1 Å². The standard InChI is InChI=1S/C25H24N2O4S2/c1-17(18-7-5-4-6-8-18)26-25(28)24-16-19-15-20(9-14-23(19)32-24)27(2)33(29,30)22-12-10-21(31-3)11-13-22/h4-17H,1-3H3,(H,26,28)/t17-/m1/s1. The molecule has 0 saturated heterocycles. The summed E-state index contributed by atoms with van der Waals surface area (Å²) in [4.78, 5) is 13.5. The number of hydrogen-bond donors (Lipinski definition) is 1. The van der Waals surface area contributed by atoms with E-state index in [1.165, 1.54) is 41.9 Å². The number of thiophene rings is 1. The molecule has 1 aromatic heterocycles. The molecule has 4 rings (SSSR count). The van der Waals surface area contributed by atoms with Crippen molar-refractivity contribution in [3.63, 3.8) is 0 Å². The summed E-state index contributed by atoms with van der Waals surface area (Å²) in [6.07, 6.45) is 0. The molecule has 0 aliphatic carbocycles. The first-order chi connectivity index (χ1) is 15.8. The Morgan fingerprint density at radius 2 is 1.70 bits per heavy atom. The van der Waals surface area contributed by atoms with Crippen LogP contribution in [0.4, 0.5) is 5.69 Å². The molecule has 170 valence electrons. The zero-order valence-corrected chi connectivity index (χ0v) is 20.1. The minimum atomic E-state index is -3.74. The molecule has 1 atom stereocenters. The Kier molecular flexibility index (Phi) is 6.40. The fraction of sp³-hybridized carbons (Fsp3) is 0.160. The summed E-state index contributed by atoms with van der Waals surface area (Å²) in [6, 6.07) is 23.1. The second kappa shape index (κ2) is 9.25. The molecule has 0 fully saturated rings. The molecular weight excluding hydrogens is 456 g/mol. The third-order valence-electron chi connectivity index (χ3n) is 5.45. The summed E-state index contributed by atoms with van der Waals surface area (Å²) in [7, 11) is -0.693. The lowest BCUT2D eigenvalue weighted by molar-refractivity contribution is 0.0944. The van der Waals surface area contributed by atoms with Crippen LogP contribution in [0.5, 0.6) is 5.75 Å². The molecule has 0 aliphatic heterocycles. The van der Waals surface area contributed by atoms with Crippen LogP contribution in [0.25, 0.3) is 10.1 Å². The molecule has 6 nitrogen and oxygen atoms in total. The number of fused-ring (bicyclic) bond motifs is 1. The minimum Gasteiger partial charge on any atom is -0.497 e. The number of benzene rings is 3. The van der Waals surface area contributed by atoms with Crippen LogP contribution in [-0.2, 0) is 10.0 Å². The topological polar surface area (TPSA) is 75.7 Å². The summed E-state index contributed by atoms with van der Waals surface area (Å²) in [6.45, 7) is 1.94. The molecule has 3 aromatic carbocycles. The monoisotopic (exact) mass is 480 g/mol. The van der Waals surface area contributed by atoms with Gasteiger partial charge in [0, 0.05) is 11.7 Å². The zero-order chi connectivity index (χ0) is 23.6. The first-order valence-electron chi connectivity index (χ1n) is 10.3. The van der Waals surface area contributed by atoms with E-state index < -0.39 is 10.0 Å². The Labute approximate surface area is 197 Å². The number of ether oxygens (including phenoxy) is 1. The highest BCUT2D eigenvalue weighted by molar-refractivity contribution is 7.92. The second-order valence-electron chi connectivity index (χ2n) is 7.59. The predicted molar refractivity (Wildman–Crippen MR) is 133 cm³/mol. The SMILES string of the molecule is COc1ccc(S(=O)(=O)N(C)c2ccc3sc(C(=O)N[C@H](C)c4ccccc4)cc3c2)cc1. The van der Waals surface area contributed by atoms with E-state index in [9.17, 15) is 13.2 Å². The van der Waals surface area contributed by atoms with Gasteiger partial charge in [0.05, 0.1) is 28.6 Å². The quantitative estimate of drug-likeness (QED) is 0.393. The maximum absolute atomic E-state index is 13.1. The minimum absolute atomic E-state index is 0.125. The van der Waals surface area contributed by atoms with Crippen LogP contribution in [-0.4, -0.2) is 28.5 Å². The smallest absolute Gasteiger partial charge is 0.264 e. The van der Waals surface area contributed by atoms with E-state index in [1.807, 2.05) is 43.3 Å². The number of anilines is 1. The Morgan fingerprint density at radius 1 is 1.00 bits per heavy atom. The van der Waals surface area contributed by atoms with Crippen molar-refractivity contribution in [2.45, 2.75) is 17.9 Å². The first kappa shape index (κ1) is 22.8. The maximum Gasteiger partial charge on any atom is 0.264 e. The molecule has 8 heteroatoms. The first-order valence-corrected chi connectivity index (χ1v) is 12.6. The van der Waals surface area contributed by atoms with E-state index in [0.29, 0.717) is 16.3 Å². The number of nitrogens with one attached hydrogen (secondary N) is 1. The molecule has 0 saturated carbocycles. The largest absolute Gasteiger partial charge is 0.497 e. The number of carbonyl (C=O) groups excluding carboxylic acids is 1. The molecule has 0 unspecified atom stereocenters. The van der Waals surface area contributed by atoms with Gasteiger partial charge in [-0.1, -0.05) is 30.3 Å². The van der Waals surface area contributed by atoms with Crippen molar-refractivity contribution in [1.82, 2.24) is 5.32 Å². The lowest BCUT2D eigenvalue weighted by atomic mass is 10.1. The van der Waals surface area contributed by atoms with Gasteiger partial charge in [-0.15, -0.1) is 11.3 Å². The van der Waals surface area contributed by atoms with Gasteiger partial charge in [-0.05, 0) is 66.4 Å². The number of hydrogen-bond acceptors (Lipinski definition) is 5. The lowest BCUT2D eigenvalue weighted by Gasteiger charge is -2.19. The summed E-state index contributed by atoms with van der Waals surface area (Å²) >= 11 is 1.38. The van der Waals surface area contributed by atoms with E-state index in [0.717, 1.165) is 15.6 Å². The number of nitrogens with zero attached hydrogens (tertiary/aromatic N) is 1. The van der Waals surface area contributed by atoms with Gasteiger partial charge in [0.15, 0.2) is 0 Å². The van der Waals surface area contributed by atoms with Crippen LogP contribution in [0.3, 0.4) is 0 Å². The van der Waals surface area contributed by atoms with Crippen molar-refractivity contribution in [1.29, 1.82) is 0 Å². The Hall–Kier alpha value is -3.36. The molecule has 0 radical (unpaired) electrons. The number of sulfonamides is 1. The van der Waals surface area contributed by atoms with Crippen LogP contribution in [0.1, 0.15) is 28.2 Å². The predicted octanol–water partition coefficient (Wildman–Crippen LogP) is 5.23. The van der Waals surface area contributed by atoms with Crippen LogP contribution in [0, 0.1) is 0 Å². The summed E-state index contributed by atoms with van der Waals surface area (Å²) in [5, 5.41) is 3.83. The van der Waals surface area contributed by atoms with E-state index in [-0.39, 0.29) is 16.8 Å². The normalized spacial score (nSPS) is 12.3. The van der Waals surface area contributed by atoms with Crippen LogP contribution >= 0.6 is 11.3 Å². The Morgan fingerprint density at radius 3 is 2.36 bits per heavy atom. The number of rotatable bonds is 7. The number of methoxy groups -OCH3 is 1. The van der Waals surface area contributed by atoms with Gasteiger partial charge >= 0.3 is 0 Å². The number of carbonyl (C=O) groups is 1. The molecule has 1 N–H and O–H groups in total. The fourth-order valence-electron chi connectivity index (χ4n) is 3.48. The summed E-state index contributed by atoms with van der Waals surface area (Å²) in [5.41, 5.74) is 1.54. The summed E-state index contributed by atoms with van der Waals surface area (Å²) in [5.74, 6) is 0.428. The van der Waals surface area contributed by atoms with Crippen molar-refractivity contribution in [3.8, 4) is 5.75 Å². The molecule has 0 spiro atoms. The number of amides is 1. The van der Waals surface area contributed by atoms with Gasteiger partial charge in [-0.2, -0.15) is 0 Å². The van der Waals surface area contributed by atoms with Crippen molar-refractivity contribution in [2.75, 3.05) is 18.5 Å². The van der Waals surface area contributed by atoms with Gasteiger partial charge in [0.25, 0.3) is 15.9 Å². The van der Waals surface area contributed by atoms with Crippen molar-refractivity contribution in [3.05, 3.63) is 89.3 Å². The average Bonchev–Trinajstić information content (AvgIpc) is 3.27. The highest BCUT2D eigenvalue weighted by Crippen LogP contribution is 2.31. The van der Waals surface area contributed by atoms with Crippen LogP contribution in [0.15, 0.2) is 83.8 Å². The van der Waals surface area contributed by atoms with Crippen molar-refractivity contribution >= 4 is 43.0 Å². The van der Waals surface area contributed by atoms with E-state index in [2.05, 4.69) is 5.32 Å². The van der Waals surface area contributed by atoms with Crippen molar-refractivity contribution in [2.24, 2.45) is 0 Å². The fourth-order valence-corrected chi connectivity index (χ4v) is 5.61. The second-order valence-corrected chi connectivity index (χ2v) is 10.6. The molecule has 1 heterocycles. The van der Waals surface area contributed by atoms with Gasteiger partial charge in [0.1, 0.15) is 5.75 Å². The van der Waals surface area contributed by atoms with Crippen LogP contribution < -0.4 is 14.4 Å². The Bertz CT molecular complexity index is 1380. The highest BCUT2D eigenvalue weighted by Gasteiger charge is 2.22. The highest BCUT2D eigenvalue weighted by atomic mass is 32.2. The van der Waals surface area contributed by atoms with E-state index in [4.69, 9.17) is 4.74 Å². The Balaban J connectivity index is 1.56. The third kappa shape index (κ3) is 4.72. The van der Waals surface area contributed by atoms with E-state index in [1.54, 1.807) is 30.3 Å². The maximum atomic E-state index is 13.1. The molecule has 1 amide bonds. The van der Waals surface area contributed by atoms with Crippen molar-refractivity contribution < 1.29 is 17.9 Å². The average molecular weight is 481 g/mol. The lowest BCUT2D eigenvalue weighted by Crippen LogP contribution is -2.26. The third-order valence-corrected chi connectivity index (χ3v) is 8.37. The summed E-state index contributed by atoms with van der Waals surface area (Å²) < 4.78 is 33.4. The van der Waals surface area contributed by atoms with E-state index >= 15 is 0 Å². The molecule has 33 heavy (non-hydrogen) atoms. The van der Waals surface area contributed by atoms with Gasteiger partial charge in [-0.3, -0.25) is 9.10 Å². The van der Waals surface area contributed by atoms with Gasteiger partial charge in [0.2, 0.25) is 0 Å². The molecule has 0 bridgehead atoms. The molecule has 0 aliphatic rings. The molecule has 4 aromatic rings. The molecular formula is C25H24N2O4S2.